The van der Waals surface area contributed by atoms with E-state index in [4.69, 9.17) is 0 Å². The number of carboxylic acids is 1. The Bertz CT molecular complexity index is 323. The molecule has 0 radical (unpaired) electrons. The summed E-state index contributed by atoms with van der Waals surface area (Å²) in [4.78, 5) is 12.7. The van der Waals surface area contributed by atoms with E-state index >= 15 is 0 Å². The fourth-order valence-electron chi connectivity index (χ4n) is 2.82. The number of rotatable bonds is 5. The first-order chi connectivity index (χ1) is 8.74. The van der Waals surface area contributed by atoms with E-state index in [1.807, 2.05) is 0 Å². The van der Waals surface area contributed by atoms with Crippen LogP contribution in [0.25, 0.3) is 0 Å². The monoisotopic (exact) mass is 282 g/mol. The maximum absolute atomic E-state index is 12.5. The minimum absolute atomic E-state index is 0.211. The average Bonchev–Trinajstić information content (AvgIpc) is 2.34. The van der Waals surface area contributed by atoms with E-state index in [0.717, 1.165) is 0 Å². The molecule has 0 spiro atoms. The molecule has 1 aliphatic carbocycles. The minimum atomic E-state index is -4.25. The van der Waals surface area contributed by atoms with Crippen molar-refractivity contribution in [3.8, 4) is 0 Å². The van der Waals surface area contributed by atoms with Gasteiger partial charge in [-0.2, -0.15) is 13.2 Å². The van der Waals surface area contributed by atoms with Crippen molar-refractivity contribution in [2.24, 2.45) is 0 Å². The van der Waals surface area contributed by atoms with Crippen LogP contribution in [0.15, 0.2) is 0 Å². The van der Waals surface area contributed by atoms with Crippen LogP contribution in [0.1, 0.15) is 32.6 Å². The van der Waals surface area contributed by atoms with Crippen LogP contribution >= 0.6 is 0 Å². The van der Waals surface area contributed by atoms with Gasteiger partial charge in [-0.05, 0) is 39.3 Å². The zero-order chi connectivity index (χ0) is 14.7. The van der Waals surface area contributed by atoms with Gasteiger partial charge in [-0.25, -0.2) is 0 Å². The smallest absolute Gasteiger partial charge is 0.401 e. The fourth-order valence-corrected chi connectivity index (χ4v) is 2.82. The van der Waals surface area contributed by atoms with E-state index in [1.165, 1.54) is 4.90 Å². The molecule has 112 valence electrons. The van der Waals surface area contributed by atoms with Crippen molar-refractivity contribution >= 4 is 5.97 Å². The maximum Gasteiger partial charge on any atom is 0.401 e. The number of carbonyl (C=O) groups is 1. The summed E-state index contributed by atoms with van der Waals surface area (Å²) in [5.74, 6) is -0.984. The van der Waals surface area contributed by atoms with E-state index in [1.54, 1.807) is 14.0 Å². The molecule has 1 aliphatic rings. The molecule has 1 rings (SSSR count). The molecule has 0 aromatic heterocycles. The van der Waals surface area contributed by atoms with E-state index in [2.05, 4.69) is 5.32 Å². The van der Waals surface area contributed by atoms with Gasteiger partial charge in [0, 0.05) is 6.04 Å². The van der Waals surface area contributed by atoms with Gasteiger partial charge in [0.2, 0.25) is 0 Å². The molecule has 1 saturated carbocycles. The third-order valence-electron chi connectivity index (χ3n) is 3.92. The highest BCUT2D eigenvalue weighted by Crippen LogP contribution is 2.32. The Morgan fingerprint density at radius 2 is 2.16 bits per heavy atom. The highest BCUT2D eigenvalue weighted by Gasteiger charge is 2.44. The van der Waals surface area contributed by atoms with E-state index < -0.39 is 24.2 Å². The number of alkyl halides is 3. The molecule has 4 nitrogen and oxygen atoms in total. The van der Waals surface area contributed by atoms with E-state index in [0.29, 0.717) is 19.3 Å². The van der Waals surface area contributed by atoms with Gasteiger partial charge in [0.1, 0.15) is 5.54 Å². The van der Waals surface area contributed by atoms with Gasteiger partial charge in [-0.3, -0.25) is 9.69 Å². The van der Waals surface area contributed by atoms with Crippen molar-refractivity contribution in [1.29, 1.82) is 0 Å². The predicted octanol–water partition coefficient (Wildman–Crippen LogP) is 1.86. The van der Waals surface area contributed by atoms with Crippen LogP contribution < -0.4 is 5.32 Å². The third kappa shape index (κ3) is 4.07. The van der Waals surface area contributed by atoms with Gasteiger partial charge >= 0.3 is 12.1 Å². The van der Waals surface area contributed by atoms with Gasteiger partial charge in [-0.1, -0.05) is 6.92 Å². The first kappa shape index (κ1) is 16.2. The maximum atomic E-state index is 12.5. The Balaban J connectivity index is 2.79. The van der Waals surface area contributed by atoms with Crippen molar-refractivity contribution in [2.75, 3.05) is 20.1 Å². The second kappa shape index (κ2) is 6.09. The Morgan fingerprint density at radius 3 is 2.58 bits per heavy atom. The van der Waals surface area contributed by atoms with Crippen molar-refractivity contribution in [3.63, 3.8) is 0 Å². The van der Waals surface area contributed by atoms with Crippen LogP contribution in [0.3, 0.4) is 0 Å². The molecule has 0 aromatic carbocycles. The molecular weight excluding hydrogens is 261 g/mol. The lowest BCUT2D eigenvalue weighted by Gasteiger charge is -2.42. The highest BCUT2D eigenvalue weighted by atomic mass is 19.4. The van der Waals surface area contributed by atoms with Crippen LogP contribution in [-0.4, -0.2) is 53.9 Å². The molecule has 0 amide bonds. The standard InChI is InChI=1S/C12H21F3N2O2/c1-3-17(8-12(13,14)15)9-5-4-6-11(7-9,16-2)10(18)19/h9,16H,3-8H2,1-2H3,(H,18,19). The molecule has 0 heterocycles. The molecule has 1 fully saturated rings. The summed E-state index contributed by atoms with van der Waals surface area (Å²) >= 11 is 0. The lowest BCUT2D eigenvalue weighted by molar-refractivity contribution is -0.156. The minimum Gasteiger partial charge on any atom is -0.480 e. The Kier molecular flexibility index (Phi) is 5.20. The quantitative estimate of drug-likeness (QED) is 0.808. The highest BCUT2D eigenvalue weighted by molar-refractivity contribution is 5.79. The number of hydrogen-bond donors (Lipinski definition) is 2. The summed E-state index contributed by atoms with van der Waals surface area (Å²) < 4.78 is 37.5. The number of nitrogens with one attached hydrogen (secondary N) is 1. The number of likely N-dealkylation sites (N-methyl/N-ethyl adjacent to an activating group) is 1. The van der Waals surface area contributed by atoms with Crippen molar-refractivity contribution in [1.82, 2.24) is 10.2 Å². The normalized spacial score (nSPS) is 28.6. The summed E-state index contributed by atoms with van der Waals surface area (Å²) in [6.45, 7) is 0.958. The molecule has 0 aromatic rings. The Morgan fingerprint density at radius 1 is 1.53 bits per heavy atom. The third-order valence-corrected chi connectivity index (χ3v) is 3.92. The van der Waals surface area contributed by atoms with Gasteiger partial charge in [0.05, 0.1) is 6.54 Å². The van der Waals surface area contributed by atoms with Crippen LogP contribution in [0.5, 0.6) is 0 Å². The zero-order valence-electron chi connectivity index (χ0n) is 11.3. The summed E-state index contributed by atoms with van der Waals surface area (Å²) in [7, 11) is 1.55. The average molecular weight is 282 g/mol. The molecule has 0 aliphatic heterocycles. The Hall–Kier alpha value is -0.820. The first-order valence-electron chi connectivity index (χ1n) is 6.47. The number of hydrogen-bond acceptors (Lipinski definition) is 3. The lowest BCUT2D eigenvalue weighted by atomic mass is 9.78. The molecular formula is C12H21F3N2O2. The number of carboxylic acid groups (broad SMARTS) is 1. The van der Waals surface area contributed by atoms with Gasteiger partial charge in [0.15, 0.2) is 0 Å². The van der Waals surface area contributed by atoms with Crippen molar-refractivity contribution < 1.29 is 23.1 Å². The summed E-state index contributed by atoms with van der Waals surface area (Å²) in [5.41, 5.74) is -1.10. The number of aliphatic carboxylic acids is 1. The lowest BCUT2D eigenvalue weighted by Crippen LogP contribution is -2.57. The second-order valence-electron chi connectivity index (χ2n) is 5.07. The summed E-state index contributed by atoms with van der Waals surface area (Å²) in [5, 5.41) is 12.1. The molecule has 0 bridgehead atoms. The van der Waals surface area contributed by atoms with Gasteiger partial charge in [-0.15, -0.1) is 0 Å². The van der Waals surface area contributed by atoms with E-state index in [-0.39, 0.29) is 19.0 Å². The van der Waals surface area contributed by atoms with E-state index in [9.17, 15) is 23.1 Å². The molecule has 19 heavy (non-hydrogen) atoms. The zero-order valence-corrected chi connectivity index (χ0v) is 11.3. The van der Waals surface area contributed by atoms with Crippen LogP contribution in [0, 0.1) is 0 Å². The number of halogens is 3. The molecule has 2 atom stereocenters. The molecule has 2 unspecified atom stereocenters. The van der Waals surface area contributed by atoms with Crippen LogP contribution in [0.2, 0.25) is 0 Å². The van der Waals surface area contributed by atoms with Crippen molar-refractivity contribution in [2.45, 2.75) is 50.4 Å². The Labute approximate surface area is 111 Å². The SMILES string of the molecule is CCN(CC(F)(F)F)C1CCCC(NC)(C(=O)O)C1. The van der Waals surface area contributed by atoms with Crippen LogP contribution in [0.4, 0.5) is 13.2 Å². The largest absolute Gasteiger partial charge is 0.480 e. The molecule has 0 saturated heterocycles. The second-order valence-corrected chi connectivity index (χ2v) is 5.07. The fraction of sp³-hybridized carbons (Fsp3) is 0.917. The topological polar surface area (TPSA) is 52.6 Å². The first-order valence-corrected chi connectivity index (χ1v) is 6.47. The van der Waals surface area contributed by atoms with Gasteiger partial charge < -0.3 is 10.4 Å². The van der Waals surface area contributed by atoms with Gasteiger partial charge in [0.25, 0.3) is 0 Å². The van der Waals surface area contributed by atoms with Crippen LogP contribution in [-0.2, 0) is 4.79 Å². The summed E-state index contributed by atoms with van der Waals surface area (Å²) in [6, 6.07) is -0.344. The summed E-state index contributed by atoms with van der Waals surface area (Å²) in [6.07, 6.45) is -2.35. The molecule has 7 heteroatoms. The molecule has 2 N–H and O–H groups in total. The van der Waals surface area contributed by atoms with Crippen molar-refractivity contribution in [3.05, 3.63) is 0 Å². The predicted molar refractivity (Wildman–Crippen MR) is 65.0 cm³/mol. The number of nitrogens with zero attached hydrogens (tertiary/aromatic N) is 1.